The summed E-state index contributed by atoms with van der Waals surface area (Å²) in [7, 11) is -1.49. The molecule has 0 unspecified atom stereocenters. The lowest BCUT2D eigenvalue weighted by Gasteiger charge is -2.31. The van der Waals surface area contributed by atoms with Crippen molar-refractivity contribution in [3.8, 4) is 0 Å². The fourth-order valence-electron chi connectivity index (χ4n) is 3.99. The highest BCUT2D eigenvalue weighted by molar-refractivity contribution is 7.94. The van der Waals surface area contributed by atoms with Gasteiger partial charge in [0.1, 0.15) is 0 Å². The second-order valence-corrected chi connectivity index (χ2v) is 12.3. The van der Waals surface area contributed by atoms with Crippen molar-refractivity contribution in [1.82, 2.24) is 5.32 Å². The normalized spacial score (nSPS) is 12.7. The number of hydrogen-bond donors (Lipinski definition) is 1. The summed E-state index contributed by atoms with van der Waals surface area (Å²) in [5, 5.41) is 10.2. The van der Waals surface area contributed by atoms with Gasteiger partial charge in [0.25, 0.3) is 0 Å². The lowest BCUT2D eigenvalue weighted by atomic mass is 10.2. The van der Waals surface area contributed by atoms with Crippen molar-refractivity contribution in [1.29, 1.82) is 0 Å². The molecule has 0 spiro atoms. The molecule has 0 aliphatic carbocycles. The maximum Gasteiger partial charge on any atom is 0.00274 e. The molecule has 5 rings (SSSR count). The molecule has 33 heavy (non-hydrogen) atoms. The Labute approximate surface area is 198 Å². The molecule has 0 saturated heterocycles. The Kier molecular flexibility index (Phi) is 6.93. The van der Waals surface area contributed by atoms with Crippen LogP contribution in [0.15, 0.2) is 157 Å². The average molecular weight is 461 g/mol. The minimum Gasteiger partial charge on any atom is -0.368 e. The van der Waals surface area contributed by atoms with Crippen LogP contribution in [-0.4, -0.2) is 0 Å². The number of rotatable bonds is 6. The second kappa shape index (κ2) is 10.6. The molecule has 0 bridgehead atoms. The molecular weight excluding hydrogens is 436 g/mol. The molecule has 1 nitrogen and oxygen atoms in total. The van der Waals surface area contributed by atoms with Crippen LogP contribution in [0.25, 0.3) is 0 Å². The molecule has 0 atom stereocenters. The molecule has 0 amide bonds. The van der Waals surface area contributed by atoms with Crippen LogP contribution in [0, 0.1) is 0 Å². The van der Waals surface area contributed by atoms with Gasteiger partial charge >= 0.3 is 0 Å². The van der Waals surface area contributed by atoms with E-state index in [0.29, 0.717) is 0 Å². The first-order valence-corrected chi connectivity index (χ1v) is 13.7. The van der Waals surface area contributed by atoms with Crippen LogP contribution in [0.2, 0.25) is 0 Å². The van der Waals surface area contributed by atoms with Crippen LogP contribution in [0.1, 0.15) is 0 Å². The van der Waals surface area contributed by atoms with Crippen molar-refractivity contribution in [3.05, 3.63) is 157 Å². The van der Waals surface area contributed by atoms with Crippen molar-refractivity contribution in [3.63, 3.8) is 0 Å². The fourth-order valence-corrected chi connectivity index (χ4v) is 10.4. The Morgan fingerprint density at radius 3 is 1.03 bits per heavy atom. The van der Waals surface area contributed by atoms with E-state index in [0.717, 1.165) is 0 Å². The molecule has 0 saturated carbocycles. The first kappa shape index (κ1) is 21.6. The monoisotopic (exact) mass is 461 g/mol. The topological polar surface area (TPSA) is 12.0 Å². The quantitative estimate of drug-likeness (QED) is 0.343. The van der Waals surface area contributed by atoms with Crippen LogP contribution < -0.4 is 26.5 Å². The van der Waals surface area contributed by atoms with Crippen LogP contribution in [0.3, 0.4) is 0 Å². The number of nitrogens with one attached hydrogen (secondary N) is 1. The van der Waals surface area contributed by atoms with E-state index in [9.17, 15) is 0 Å². The SMILES string of the molecule is C1=CC(=C(P(c2ccccc2)c2ccccc2)P(c2ccccc2)c2ccccc2)C=CN1. The first-order chi connectivity index (χ1) is 16.4. The van der Waals surface area contributed by atoms with Gasteiger partial charge in [0, 0.05) is 17.5 Å². The number of allylic oxidation sites excluding steroid dienone is 3. The summed E-state index contributed by atoms with van der Waals surface area (Å²) in [5.41, 5.74) is 1.30. The highest BCUT2D eigenvalue weighted by atomic mass is 31.2. The third-order valence-electron chi connectivity index (χ3n) is 5.46. The van der Waals surface area contributed by atoms with Crippen LogP contribution in [-0.2, 0) is 0 Å². The van der Waals surface area contributed by atoms with E-state index in [4.69, 9.17) is 0 Å². The van der Waals surface area contributed by atoms with E-state index in [1.54, 1.807) is 0 Å². The molecule has 0 fully saturated rings. The van der Waals surface area contributed by atoms with Gasteiger partial charge < -0.3 is 5.32 Å². The van der Waals surface area contributed by atoms with Crippen LogP contribution in [0.4, 0.5) is 0 Å². The highest BCUT2D eigenvalue weighted by Gasteiger charge is 2.30. The third kappa shape index (κ3) is 4.91. The molecule has 4 aromatic rings. The predicted octanol–water partition coefficient (Wildman–Crippen LogP) is 6.09. The zero-order chi connectivity index (χ0) is 22.3. The Hall–Kier alpha value is -3.24. The minimum absolute atomic E-state index is 0.746. The Balaban J connectivity index is 1.82. The lowest BCUT2D eigenvalue weighted by molar-refractivity contribution is 1.17. The summed E-state index contributed by atoms with van der Waals surface area (Å²) in [6.45, 7) is 0. The van der Waals surface area contributed by atoms with Crippen molar-refractivity contribution >= 4 is 37.1 Å². The molecule has 0 radical (unpaired) electrons. The smallest absolute Gasteiger partial charge is 0.00274 e. The number of benzene rings is 4. The van der Waals surface area contributed by atoms with Gasteiger partial charge in [-0.15, -0.1) is 0 Å². The predicted molar refractivity (Wildman–Crippen MR) is 147 cm³/mol. The van der Waals surface area contributed by atoms with Crippen LogP contribution in [0.5, 0.6) is 0 Å². The summed E-state index contributed by atoms with van der Waals surface area (Å²) in [6.07, 6.45) is 8.56. The Morgan fingerprint density at radius 1 is 0.424 bits per heavy atom. The van der Waals surface area contributed by atoms with Crippen molar-refractivity contribution in [2.45, 2.75) is 0 Å². The minimum atomic E-state index is -0.746. The maximum atomic E-state index is 3.23. The molecular formula is C30H25NP2. The zero-order valence-corrected chi connectivity index (χ0v) is 20.0. The maximum absolute atomic E-state index is 3.23. The standard InChI is InChI=1S/C30H25NP2/c1-5-13-26(14-6-1)32(27-15-7-2-8-16-27)30(25-21-23-31-24-22-25)33(28-17-9-3-10-18-28)29-19-11-4-12-20-29/h1-24,31H. The molecule has 4 aromatic carbocycles. The van der Waals surface area contributed by atoms with Gasteiger partial charge in [-0.25, -0.2) is 0 Å². The fraction of sp³-hybridized carbons (Fsp3) is 0. The lowest BCUT2D eigenvalue weighted by Crippen LogP contribution is -2.20. The van der Waals surface area contributed by atoms with Gasteiger partial charge in [-0.2, -0.15) is 0 Å². The second-order valence-electron chi connectivity index (χ2n) is 7.63. The summed E-state index contributed by atoms with van der Waals surface area (Å²) < 4.78 is 0. The van der Waals surface area contributed by atoms with E-state index in [2.05, 4.69) is 139 Å². The summed E-state index contributed by atoms with van der Waals surface area (Å²) in [5.74, 6) is 0. The molecule has 0 aromatic heterocycles. The van der Waals surface area contributed by atoms with Crippen molar-refractivity contribution in [2.75, 3.05) is 0 Å². The zero-order valence-electron chi connectivity index (χ0n) is 18.3. The van der Waals surface area contributed by atoms with E-state index in [1.165, 1.54) is 31.8 Å². The number of hydrogen-bond acceptors (Lipinski definition) is 1. The molecule has 160 valence electrons. The molecule has 1 aliphatic rings. The molecule has 3 heteroatoms. The molecule has 1 N–H and O–H groups in total. The van der Waals surface area contributed by atoms with Crippen molar-refractivity contribution in [2.24, 2.45) is 0 Å². The average Bonchev–Trinajstić information content (AvgIpc) is 2.91. The highest BCUT2D eigenvalue weighted by Crippen LogP contribution is 2.61. The van der Waals surface area contributed by atoms with E-state index >= 15 is 0 Å². The van der Waals surface area contributed by atoms with Gasteiger partial charge in [0.05, 0.1) is 0 Å². The van der Waals surface area contributed by atoms with Gasteiger partial charge in [0.15, 0.2) is 0 Å². The molecule has 1 heterocycles. The van der Waals surface area contributed by atoms with Crippen molar-refractivity contribution < 1.29 is 0 Å². The van der Waals surface area contributed by atoms with Crippen LogP contribution >= 0.6 is 15.8 Å². The van der Waals surface area contributed by atoms with E-state index in [1.807, 2.05) is 12.4 Å². The van der Waals surface area contributed by atoms with Gasteiger partial charge in [-0.3, -0.25) is 0 Å². The van der Waals surface area contributed by atoms with E-state index in [-0.39, 0.29) is 0 Å². The molecule has 1 aliphatic heterocycles. The Morgan fingerprint density at radius 2 is 0.727 bits per heavy atom. The first-order valence-electron chi connectivity index (χ1n) is 11.1. The third-order valence-corrected chi connectivity index (χ3v) is 11.3. The largest absolute Gasteiger partial charge is 0.368 e. The van der Waals surface area contributed by atoms with Gasteiger partial charge in [-0.05, 0) is 54.8 Å². The van der Waals surface area contributed by atoms with Gasteiger partial charge in [0.2, 0.25) is 0 Å². The van der Waals surface area contributed by atoms with E-state index < -0.39 is 15.8 Å². The summed E-state index contributed by atoms with van der Waals surface area (Å²) in [6, 6.07) is 44.1. The Bertz CT molecular complexity index is 1090. The summed E-state index contributed by atoms with van der Waals surface area (Å²) in [4.78, 5) is 0. The van der Waals surface area contributed by atoms with Gasteiger partial charge in [-0.1, -0.05) is 121 Å². The summed E-state index contributed by atoms with van der Waals surface area (Å²) >= 11 is 0. The number of dihydropyridines is 1.